The number of nitrogens with zero attached hydrogens (tertiary/aromatic N) is 1. The first-order valence-electron chi connectivity index (χ1n) is 7.19. The fourth-order valence-corrected chi connectivity index (χ4v) is 2.39. The molecule has 4 nitrogen and oxygen atoms in total. The Morgan fingerprint density at radius 2 is 1.95 bits per heavy atom. The molecule has 1 aromatic carbocycles. The molecule has 0 radical (unpaired) electrons. The molecule has 1 saturated carbocycles. The van der Waals surface area contributed by atoms with E-state index in [0.29, 0.717) is 5.56 Å². The van der Waals surface area contributed by atoms with E-state index in [1.165, 1.54) is 6.07 Å². The van der Waals surface area contributed by atoms with Gasteiger partial charge in [-0.15, -0.1) is 0 Å². The van der Waals surface area contributed by atoms with Crippen LogP contribution >= 0.6 is 0 Å². The second-order valence-corrected chi connectivity index (χ2v) is 5.70. The molecule has 5 heteroatoms. The first-order valence-corrected chi connectivity index (χ1v) is 7.19. The second-order valence-electron chi connectivity index (χ2n) is 5.70. The average Bonchev–Trinajstić information content (AvgIpc) is 3.28. The van der Waals surface area contributed by atoms with Crippen molar-refractivity contribution in [3.8, 4) is 0 Å². The van der Waals surface area contributed by atoms with Gasteiger partial charge in [0.2, 0.25) is 5.91 Å². The number of carbonyl (C=O) groups is 2. The molecule has 1 aromatic rings. The third kappa shape index (κ3) is 3.60. The molecular weight excluding hydrogens is 273 g/mol. The molecule has 0 aromatic heterocycles. The first-order chi connectivity index (χ1) is 9.91. The Bertz CT molecular complexity index is 542. The van der Waals surface area contributed by atoms with Crippen LogP contribution in [-0.4, -0.2) is 34.5 Å². The van der Waals surface area contributed by atoms with Gasteiger partial charge in [0.25, 0.3) is 0 Å². The molecule has 1 aliphatic rings. The lowest BCUT2D eigenvalue weighted by atomic mass is 9.98. The number of hydrogen-bond donors (Lipinski definition) is 1. The van der Waals surface area contributed by atoms with E-state index in [4.69, 9.17) is 5.11 Å². The van der Waals surface area contributed by atoms with Crippen LogP contribution in [0.2, 0.25) is 0 Å². The van der Waals surface area contributed by atoms with Crippen molar-refractivity contribution in [1.29, 1.82) is 0 Å². The maximum absolute atomic E-state index is 13.8. The van der Waals surface area contributed by atoms with Crippen molar-refractivity contribution < 1.29 is 19.1 Å². The van der Waals surface area contributed by atoms with Crippen LogP contribution in [0.4, 0.5) is 4.39 Å². The fourth-order valence-electron chi connectivity index (χ4n) is 2.39. The van der Waals surface area contributed by atoms with Gasteiger partial charge in [-0.2, -0.15) is 0 Å². The molecule has 2 atom stereocenters. The SMILES string of the molecule is C[C@H](CN(C(=O)[C@@H](C)c1ccccc1F)C1CC1)C(=O)O. The van der Waals surface area contributed by atoms with Crippen LogP contribution in [0, 0.1) is 11.7 Å². The normalized spacial score (nSPS) is 17.1. The molecule has 0 aliphatic heterocycles. The summed E-state index contributed by atoms with van der Waals surface area (Å²) in [4.78, 5) is 25.2. The summed E-state index contributed by atoms with van der Waals surface area (Å²) in [5, 5.41) is 9.02. The quantitative estimate of drug-likeness (QED) is 0.877. The van der Waals surface area contributed by atoms with Crippen LogP contribution in [0.5, 0.6) is 0 Å². The number of halogens is 1. The largest absolute Gasteiger partial charge is 0.481 e. The van der Waals surface area contributed by atoms with Gasteiger partial charge < -0.3 is 10.0 Å². The van der Waals surface area contributed by atoms with Gasteiger partial charge in [0.1, 0.15) is 5.82 Å². The van der Waals surface area contributed by atoms with Crippen molar-refractivity contribution in [3.05, 3.63) is 35.6 Å². The van der Waals surface area contributed by atoms with E-state index in [0.717, 1.165) is 12.8 Å². The van der Waals surface area contributed by atoms with Gasteiger partial charge in [0.05, 0.1) is 11.8 Å². The number of amides is 1. The topological polar surface area (TPSA) is 57.6 Å². The number of aliphatic carboxylic acids is 1. The highest BCUT2D eigenvalue weighted by molar-refractivity contribution is 5.84. The summed E-state index contributed by atoms with van der Waals surface area (Å²) in [7, 11) is 0. The van der Waals surface area contributed by atoms with Crippen molar-refractivity contribution in [2.24, 2.45) is 5.92 Å². The molecule has 1 N–H and O–H groups in total. The van der Waals surface area contributed by atoms with E-state index in [1.807, 2.05) is 0 Å². The lowest BCUT2D eigenvalue weighted by Crippen LogP contribution is -2.40. The highest BCUT2D eigenvalue weighted by atomic mass is 19.1. The molecule has 2 rings (SSSR count). The highest BCUT2D eigenvalue weighted by Gasteiger charge is 2.36. The molecule has 114 valence electrons. The molecule has 1 aliphatic carbocycles. The number of carbonyl (C=O) groups excluding carboxylic acids is 1. The van der Waals surface area contributed by atoms with Crippen LogP contribution in [-0.2, 0) is 9.59 Å². The number of carboxylic acid groups (broad SMARTS) is 1. The van der Waals surface area contributed by atoms with Gasteiger partial charge in [0, 0.05) is 12.6 Å². The summed E-state index contributed by atoms with van der Waals surface area (Å²) in [5.41, 5.74) is 0.358. The van der Waals surface area contributed by atoms with E-state index in [1.54, 1.807) is 36.9 Å². The van der Waals surface area contributed by atoms with Crippen LogP contribution < -0.4 is 0 Å². The minimum atomic E-state index is -0.924. The van der Waals surface area contributed by atoms with Gasteiger partial charge in [0.15, 0.2) is 0 Å². The minimum absolute atomic E-state index is 0.105. The average molecular weight is 293 g/mol. The number of hydrogen-bond acceptors (Lipinski definition) is 2. The van der Waals surface area contributed by atoms with Gasteiger partial charge in [-0.3, -0.25) is 9.59 Å². The summed E-state index contributed by atoms with van der Waals surface area (Å²) in [6.07, 6.45) is 1.78. The van der Waals surface area contributed by atoms with Gasteiger partial charge in [-0.25, -0.2) is 4.39 Å². The number of rotatable bonds is 6. The number of benzene rings is 1. The van der Waals surface area contributed by atoms with Crippen molar-refractivity contribution in [2.75, 3.05) is 6.54 Å². The van der Waals surface area contributed by atoms with Crippen molar-refractivity contribution in [2.45, 2.75) is 38.6 Å². The summed E-state index contributed by atoms with van der Waals surface area (Å²) in [5.74, 6) is -2.75. The van der Waals surface area contributed by atoms with Crippen LogP contribution in [0.15, 0.2) is 24.3 Å². The van der Waals surface area contributed by atoms with E-state index in [-0.39, 0.29) is 18.5 Å². The maximum Gasteiger partial charge on any atom is 0.308 e. The Balaban J connectivity index is 2.15. The molecule has 0 bridgehead atoms. The van der Waals surface area contributed by atoms with E-state index in [9.17, 15) is 14.0 Å². The third-order valence-corrected chi connectivity index (χ3v) is 3.91. The summed E-state index contributed by atoms with van der Waals surface area (Å²) in [6, 6.07) is 6.32. The molecule has 0 unspecified atom stereocenters. The molecular formula is C16H20FNO3. The Hall–Kier alpha value is -1.91. The molecule has 1 fully saturated rings. The molecule has 1 amide bonds. The number of carboxylic acids is 1. The van der Waals surface area contributed by atoms with Crippen molar-refractivity contribution in [1.82, 2.24) is 4.90 Å². The Morgan fingerprint density at radius 3 is 2.48 bits per heavy atom. The lowest BCUT2D eigenvalue weighted by molar-refractivity contribution is -0.143. The van der Waals surface area contributed by atoms with Crippen LogP contribution in [0.3, 0.4) is 0 Å². The zero-order chi connectivity index (χ0) is 15.6. The Labute approximate surface area is 123 Å². The zero-order valence-electron chi connectivity index (χ0n) is 12.3. The standard InChI is InChI=1S/C16H20FNO3/c1-10(16(20)21)9-18(12-7-8-12)15(19)11(2)13-5-3-4-6-14(13)17/h3-6,10-12H,7-9H2,1-2H3,(H,20,21)/t10-,11+/m1/s1. The fraction of sp³-hybridized carbons (Fsp3) is 0.500. The van der Waals surface area contributed by atoms with Crippen LogP contribution in [0.25, 0.3) is 0 Å². The van der Waals surface area contributed by atoms with Gasteiger partial charge in [-0.1, -0.05) is 25.1 Å². The summed E-state index contributed by atoms with van der Waals surface area (Å²) in [6.45, 7) is 3.43. The smallest absolute Gasteiger partial charge is 0.308 e. The van der Waals surface area contributed by atoms with E-state index >= 15 is 0 Å². The summed E-state index contributed by atoms with van der Waals surface area (Å²) >= 11 is 0. The predicted molar refractivity (Wildman–Crippen MR) is 76.3 cm³/mol. The maximum atomic E-state index is 13.8. The van der Waals surface area contributed by atoms with Crippen molar-refractivity contribution in [3.63, 3.8) is 0 Å². The van der Waals surface area contributed by atoms with Crippen LogP contribution in [0.1, 0.15) is 38.2 Å². The zero-order valence-corrected chi connectivity index (χ0v) is 12.3. The molecule has 21 heavy (non-hydrogen) atoms. The predicted octanol–water partition coefficient (Wildman–Crippen LogP) is 2.64. The van der Waals surface area contributed by atoms with Gasteiger partial charge >= 0.3 is 5.97 Å². The van der Waals surface area contributed by atoms with E-state index < -0.39 is 23.6 Å². The molecule has 0 heterocycles. The minimum Gasteiger partial charge on any atom is -0.481 e. The lowest BCUT2D eigenvalue weighted by Gasteiger charge is -2.27. The monoisotopic (exact) mass is 293 g/mol. The Kier molecular flexibility index (Phi) is 4.60. The van der Waals surface area contributed by atoms with E-state index in [2.05, 4.69) is 0 Å². The second kappa shape index (κ2) is 6.24. The Morgan fingerprint density at radius 1 is 1.33 bits per heavy atom. The first kappa shape index (κ1) is 15.5. The molecule has 0 saturated heterocycles. The van der Waals surface area contributed by atoms with Crippen molar-refractivity contribution >= 4 is 11.9 Å². The molecule has 0 spiro atoms. The van der Waals surface area contributed by atoms with Gasteiger partial charge in [-0.05, 0) is 31.4 Å². The summed E-state index contributed by atoms with van der Waals surface area (Å²) < 4.78 is 13.8. The highest BCUT2D eigenvalue weighted by Crippen LogP contribution is 2.31. The third-order valence-electron chi connectivity index (χ3n) is 3.91.